The summed E-state index contributed by atoms with van der Waals surface area (Å²) in [5.41, 5.74) is 3.19. The van der Waals surface area contributed by atoms with Gasteiger partial charge in [-0.25, -0.2) is 10.6 Å². The zero-order valence-electron chi connectivity index (χ0n) is 27.2. The number of ether oxygens (including phenoxy) is 2. The molecule has 0 aliphatic rings. The van der Waals surface area contributed by atoms with Gasteiger partial charge in [-0.2, -0.15) is 0 Å². The van der Waals surface area contributed by atoms with Crippen molar-refractivity contribution in [2.24, 2.45) is 5.84 Å². The Hall–Kier alpha value is -4.82. The molecule has 0 heterocycles. The molecule has 0 saturated carbocycles. The second kappa shape index (κ2) is 20.4. The average molecular weight is 663 g/mol. The number of nitrogens with two attached hydrogens (primary N) is 1. The number of unbranched alkanes of at least 4 members (excludes halogenated alkanes) is 1. The fraction of sp³-hybridized carbons (Fsp3) is 0.371. The number of carbonyl (C=O) groups is 4. The van der Waals surface area contributed by atoms with Gasteiger partial charge in [0.2, 0.25) is 11.8 Å². The highest BCUT2D eigenvalue weighted by Crippen LogP contribution is 2.36. The van der Waals surface area contributed by atoms with Crippen LogP contribution in [0.15, 0.2) is 91.0 Å². The Bertz CT molecular complexity index is 1320. The quantitative estimate of drug-likeness (QED) is 0.0311. The molecule has 8 N–H and O–H groups in total. The second-order valence-electron chi connectivity index (χ2n) is 10.9. The molecule has 13 heteroatoms. The van der Waals surface area contributed by atoms with E-state index in [2.05, 4.69) is 21.3 Å². The summed E-state index contributed by atoms with van der Waals surface area (Å²) >= 11 is 0. The van der Waals surface area contributed by atoms with Crippen molar-refractivity contribution in [2.75, 3.05) is 39.6 Å². The Labute approximate surface area is 280 Å². The molecule has 48 heavy (non-hydrogen) atoms. The maximum atomic E-state index is 13.9. The molecule has 13 nitrogen and oxygen atoms in total. The van der Waals surface area contributed by atoms with Crippen LogP contribution in [0, 0.1) is 0 Å². The zero-order chi connectivity index (χ0) is 34.6. The third kappa shape index (κ3) is 11.2. The summed E-state index contributed by atoms with van der Waals surface area (Å²) in [6.07, 6.45) is 1.17. The lowest BCUT2D eigenvalue weighted by molar-refractivity contribution is -0.128. The summed E-state index contributed by atoms with van der Waals surface area (Å²) in [5.74, 6) is 3.54. The van der Waals surface area contributed by atoms with E-state index in [-0.39, 0.29) is 33.0 Å². The molecule has 0 spiro atoms. The standard InChI is InChI=1S/C35H46N6O7/c1-2-3-21-48-25-30(32(44)37-19-22-47-23-20-42)39-34(46)38-29(33(45)41-36)24-31(43)40-35(26-13-7-4-8-14-26,27-15-9-5-10-16-27)28-17-11-6-12-18-28/h4-18,29-30,42H,2-3,19-25,36H2,1H3,(H,37,44)(H,40,43)(H,41,45)(H2,38,39,46)/t29-,30-/m1/s1. The number of aliphatic hydroxyl groups is 1. The third-order valence-corrected chi connectivity index (χ3v) is 7.43. The minimum atomic E-state index is -1.40. The fourth-order valence-corrected chi connectivity index (χ4v) is 5.06. The normalized spacial score (nSPS) is 12.3. The SMILES string of the molecule is CCCCOC[C@@H](NC(=O)N[C@H](CC(=O)NC(c1ccccc1)(c1ccccc1)c1ccccc1)C(=O)NN)C(=O)NCCOCCO. The van der Waals surface area contributed by atoms with Crippen LogP contribution in [0.1, 0.15) is 42.9 Å². The summed E-state index contributed by atoms with van der Waals surface area (Å²) in [6.45, 7) is 2.52. The number of aliphatic hydroxyl groups excluding tert-OH is 1. The first-order chi connectivity index (χ1) is 23.3. The molecular formula is C35H46N6O7. The van der Waals surface area contributed by atoms with Crippen molar-refractivity contribution >= 4 is 23.8 Å². The van der Waals surface area contributed by atoms with Gasteiger partial charge in [0.1, 0.15) is 17.6 Å². The molecule has 2 atom stereocenters. The number of nitrogens with one attached hydrogen (secondary N) is 5. The third-order valence-electron chi connectivity index (χ3n) is 7.43. The Kier molecular flexibility index (Phi) is 16.0. The number of hydrazine groups is 1. The topological polar surface area (TPSA) is 193 Å². The lowest BCUT2D eigenvalue weighted by Crippen LogP contribution is -2.58. The van der Waals surface area contributed by atoms with Crippen molar-refractivity contribution in [3.8, 4) is 0 Å². The number of urea groups is 1. The molecule has 0 unspecified atom stereocenters. The molecule has 0 bridgehead atoms. The zero-order valence-corrected chi connectivity index (χ0v) is 27.2. The summed E-state index contributed by atoms with van der Waals surface area (Å²) in [7, 11) is 0. The highest BCUT2D eigenvalue weighted by Gasteiger charge is 2.39. The summed E-state index contributed by atoms with van der Waals surface area (Å²) < 4.78 is 10.8. The molecule has 5 amide bonds. The van der Waals surface area contributed by atoms with Gasteiger partial charge in [-0.05, 0) is 23.1 Å². The molecule has 3 aromatic rings. The Morgan fingerprint density at radius 3 is 1.79 bits per heavy atom. The molecule has 0 aliphatic heterocycles. The summed E-state index contributed by atoms with van der Waals surface area (Å²) in [6, 6.07) is 24.9. The summed E-state index contributed by atoms with van der Waals surface area (Å²) in [5, 5.41) is 19.7. The van der Waals surface area contributed by atoms with Crippen LogP contribution in [-0.2, 0) is 29.4 Å². The van der Waals surface area contributed by atoms with E-state index in [0.717, 1.165) is 29.5 Å². The molecule has 0 radical (unpaired) electrons. The van der Waals surface area contributed by atoms with Crippen molar-refractivity contribution in [1.29, 1.82) is 0 Å². The van der Waals surface area contributed by atoms with E-state index in [1.165, 1.54) is 0 Å². The van der Waals surface area contributed by atoms with Gasteiger partial charge in [0, 0.05) is 13.2 Å². The number of benzene rings is 3. The molecule has 0 saturated heterocycles. The molecule has 0 aromatic heterocycles. The molecule has 3 rings (SSSR count). The van der Waals surface area contributed by atoms with Gasteiger partial charge in [0.25, 0.3) is 5.91 Å². The van der Waals surface area contributed by atoms with Gasteiger partial charge in [0.15, 0.2) is 0 Å². The van der Waals surface area contributed by atoms with Crippen molar-refractivity contribution in [3.05, 3.63) is 108 Å². The van der Waals surface area contributed by atoms with E-state index in [1.54, 1.807) is 0 Å². The largest absolute Gasteiger partial charge is 0.394 e. The van der Waals surface area contributed by atoms with Crippen LogP contribution in [0.5, 0.6) is 0 Å². The highest BCUT2D eigenvalue weighted by atomic mass is 16.5. The van der Waals surface area contributed by atoms with Gasteiger partial charge in [-0.15, -0.1) is 0 Å². The van der Waals surface area contributed by atoms with Crippen molar-refractivity contribution in [1.82, 2.24) is 26.7 Å². The number of amides is 5. The lowest BCUT2D eigenvalue weighted by atomic mass is 9.77. The lowest BCUT2D eigenvalue weighted by Gasteiger charge is -2.37. The predicted molar refractivity (Wildman–Crippen MR) is 180 cm³/mol. The highest BCUT2D eigenvalue weighted by molar-refractivity contribution is 5.93. The Morgan fingerprint density at radius 2 is 1.29 bits per heavy atom. The predicted octanol–water partition coefficient (Wildman–Crippen LogP) is 1.45. The second-order valence-corrected chi connectivity index (χ2v) is 10.9. The number of hydrogen-bond donors (Lipinski definition) is 7. The van der Waals surface area contributed by atoms with Gasteiger partial charge in [-0.3, -0.25) is 19.8 Å². The van der Waals surface area contributed by atoms with Crippen LogP contribution in [0.3, 0.4) is 0 Å². The Morgan fingerprint density at radius 1 is 0.750 bits per heavy atom. The first kappa shape index (κ1) is 37.6. The van der Waals surface area contributed by atoms with E-state index >= 15 is 0 Å². The van der Waals surface area contributed by atoms with E-state index in [4.69, 9.17) is 20.4 Å². The molecule has 3 aromatic carbocycles. The number of carbonyl (C=O) groups excluding carboxylic acids is 4. The maximum Gasteiger partial charge on any atom is 0.316 e. The molecular weight excluding hydrogens is 616 g/mol. The van der Waals surface area contributed by atoms with Gasteiger partial charge < -0.3 is 35.8 Å². The van der Waals surface area contributed by atoms with Gasteiger partial charge >= 0.3 is 6.03 Å². The van der Waals surface area contributed by atoms with Gasteiger partial charge in [-0.1, -0.05) is 104 Å². The maximum absolute atomic E-state index is 13.9. The van der Waals surface area contributed by atoms with E-state index in [9.17, 15) is 19.2 Å². The Balaban J connectivity index is 1.81. The average Bonchev–Trinajstić information content (AvgIpc) is 3.12. The molecule has 0 aliphatic carbocycles. The minimum Gasteiger partial charge on any atom is -0.394 e. The van der Waals surface area contributed by atoms with Crippen molar-refractivity contribution < 1.29 is 33.8 Å². The molecule has 258 valence electrons. The van der Waals surface area contributed by atoms with Crippen LogP contribution in [0.4, 0.5) is 4.79 Å². The van der Waals surface area contributed by atoms with Gasteiger partial charge in [0.05, 0.1) is 32.8 Å². The summed E-state index contributed by atoms with van der Waals surface area (Å²) in [4.78, 5) is 52.8. The molecule has 0 fully saturated rings. The number of hydrogen-bond acceptors (Lipinski definition) is 8. The van der Waals surface area contributed by atoms with Crippen LogP contribution >= 0.6 is 0 Å². The fourth-order valence-electron chi connectivity index (χ4n) is 5.06. The van der Waals surface area contributed by atoms with E-state index in [0.29, 0.717) is 6.61 Å². The van der Waals surface area contributed by atoms with E-state index < -0.39 is 47.8 Å². The van der Waals surface area contributed by atoms with Crippen LogP contribution < -0.4 is 32.5 Å². The van der Waals surface area contributed by atoms with Crippen molar-refractivity contribution in [3.63, 3.8) is 0 Å². The number of rotatable bonds is 20. The minimum absolute atomic E-state index is 0.126. The first-order valence-electron chi connectivity index (χ1n) is 15.9. The first-order valence-corrected chi connectivity index (χ1v) is 15.9. The van der Waals surface area contributed by atoms with E-state index in [1.807, 2.05) is 103 Å². The van der Waals surface area contributed by atoms with Crippen LogP contribution in [0.25, 0.3) is 0 Å². The van der Waals surface area contributed by atoms with Crippen LogP contribution in [0.2, 0.25) is 0 Å². The van der Waals surface area contributed by atoms with Crippen LogP contribution in [-0.4, -0.2) is 80.5 Å². The smallest absolute Gasteiger partial charge is 0.316 e. The van der Waals surface area contributed by atoms with Crippen molar-refractivity contribution in [2.45, 2.75) is 43.8 Å². The monoisotopic (exact) mass is 662 g/mol.